The Kier molecular flexibility index (Phi) is 3.26. The number of tetrazole rings is 1. The highest BCUT2D eigenvalue weighted by molar-refractivity contribution is 5.34. The van der Waals surface area contributed by atoms with Crippen LogP contribution >= 0.6 is 0 Å². The van der Waals surface area contributed by atoms with E-state index >= 15 is 0 Å². The van der Waals surface area contributed by atoms with E-state index < -0.39 is 0 Å². The quantitative estimate of drug-likeness (QED) is 0.820. The van der Waals surface area contributed by atoms with Gasteiger partial charge in [-0.2, -0.15) is 4.68 Å². The van der Waals surface area contributed by atoms with E-state index in [1.54, 1.807) is 4.68 Å². The first-order chi connectivity index (χ1) is 7.81. The number of aromatic nitrogens is 4. The predicted molar refractivity (Wildman–Crippen MR) is 61.5 cm³/mol. The minimum absolute atomic E-state index is 0.817. The molecular weight excluding hydrogens is 202 g/mol. The zero-order valence-corrected chi connectivity index (χ0v) is 9.51. The minimum atomic E-state index is 0.817. The Morgan fingerprint density at radius 2 is 2.25 bits per heavy atom. The summed E-state index contributed by atoms with van der Waals surface area (Å²) < 4.78 is 1.78. The van der Waals surface area contributed by atoms with Gasteiger partial charge in [-0.05, 0) is 42.1 Å². The highest BCUT2D eigenvalue weighted by Gasteiger charge is 2.07. The third kappa shape index (κ3) is 2.25. The van der Waals surface area contributed by atoms with Crippen LogP contribution in [0.1, 0.15) is 11.4 Å². The number of rotatable bonds is 4. The van der Waals surface area contributed by atoms with Crippen LogP contribution in [0, 0.1) is 6.92 Å². The third-order valence-electron chi connectivity index (χ3n) is 2.38. The average molecular weight is 217 g/mol. The monoisotopic (exact) mass is 217 g/mol. The number of likely N-dealkylation sites (N-methyl/N-ethyl adjacent to an activating group) is 1. The Bertz CT molecular complexity index is 463. The van der Waals surface area contributed by atoms with Gasteiger partial charge in [-0.1, -0.05) is 12.1 Å². The molecule has 0 saturated carbocycles. The third-order valence-corrected chi connectivity index (χ3v) is 2.38. The van der Waals surface area contributed by atoms with E-state index in [1.807, 2.05) is 19.2 Å². The van der Waals surface area contributed by atoms with Crippen LogP contribution in [0.3, 0.4) is 0 Å². The van der Waals surface area contributed by atoms with Gasteiger partial charge in [0.1, 0.15) is 0 Å². The van der Waals surface area contributed by atoms with Crippen molar-refractivity contribution in [1.29, 1.82) is 0 Å². The van der Waals surface area contributed by atoms with Crippen LogP contribution < -0.4 is 5.32 Å². The molecule has 0 aliphatic heterocycles. The normalized spacial score (nSPS) is 10.6. The maximum atomic E-state index is 4.02. The van der Waals surface area contributed by atoms with Crippen molar-refractivity contribution in [2.75, 3.05) is 13.6 Å². The van der Waals surface area contributed by atoms with Gasteiger partial charge in [0.25, 0.3) is 0 Å². The molecular formula is C11H15N5. The summed E-state index contributed by atoms with van der Waals surface area (Å²) in [6, 6.07) is 8.14. The molecule has 0 atom stereocenters. The zero-order valence-electron chi connectivity index (χ0n) is 9.51. The Balaban J connectivity index is 2.29. The molecule has 0 saturated heterocycles. The lowest BCUT2D eigenvalue weighted by Gasteiger charge is -2.04. The maximum absolute atomic E-state index is 4.02. The van der Waals surface area contributed by atoms with E-state index in [0.717, 1.165) is 24.5 Å². The number of nitrogens with one attached hydrogen (secondary N) is 1. The van der Waals surface area contributed by atoms with Crippen molar-refractivity contribution in [2.45, 2.75) is 13.3 Å². The van der Waals surface area contributed by atoms with Crippen LogP contribution in [0.25, 0.3) is 5.69 Å². The van der Waals surface area contributed by atoms with Gasteiger partial charge < -0.3 is 5.32 Å². The van der Waals surface area contributed by atoms with Crippen LogP contribution in [-0.4, -0.2) is 33.8 Å². The highest BCUT2D eigenvalue weighted by atomic mass is 15.5. The van der Waals surface area contributed by atoms with Crippen LogP contribution in [-0.2, 0) is 6.42 Å². The molecule has 0 spiro atoms. The molecule has 1 aromatic heterocycles. The van der Waals surface area contributed by atoms with Gasteiger partial charge in [0.05, 0.1) is 5.69 Å². The standard InChI is InChI=1S/C11H15N5/c1-9-4-3-5-10(8-9)16-11(6-7-12-2)13-14-15-16/h3-5,8,12H,6-7H2,1-2H3. The van der Waals surface area contributed by atoms with E-state index in [0.29, 0.717) is 0 Å². The molecule has 0 unspecified atom stereocenters. The Labute approximate surface area is 94.5 Å². The lowest BCUT2D eigenvalue weighted by atomic mass is 10.2. The molecule has 0 aliphatic carbocycles. The van der Waals surface area contributed by atoms with Gasteiger partial charge in [0.2, 0.25) is 0 Å². The van der Waals surface area contributed by atoms with Crippen molar-refractivity contribution >= 4 is 0 Å². The fraction of sp³-hybridized carbons (Fsp3) is 0.364. The Morgan fingerprint density at radius 1 is 1.38 bits per heavy atom. The second-order valence-electron chi connectivity index (χ2n) is 3.70. The second kappa shape index (κ2) is 4.85. The molecule has 16 heavy (non-hydrogen) atoms. The molecule has 2 aromatic rings. The molecule has 0 radical (unpaired) electrons. The van der Waals surface area contributed by atoms with Crippen molar-refractivity contribution in [3.63, 3.8) is 0 Å². The summed E-state index contributed by atoms with van der Waals surface area (Å²) in [5, 5.41) is 14.8. The molecule has 84 valence electrons. The number of hydrogen-bond acceptors (Lipinski definition) is 4. The van der Waals surface area contributed by atoms with E-state index in [-0.39, 0.29) is 0 Å². The van der Waals surface area contributed by atoms with Gasteiger partial charge in [0, 0.05) is 13.0 Å². The molecule has 0 bridgehead atoms. The second-order valence-corrected chi connectivity index (χ2v) is 3.70. The average Bonchev–Trinajstić information content (AvgIpc) is 2.74. The molecule has 1 aromatic carbocycles. The van der Waals surface area contributed by atoms with Crippen molar-refractivity contribution in [1.82, 2.24) is 25.5 Å². The number of hydrogen-bond donors (Lipinski definition) is 1. The molecule has 1 heterocycles. The van der Waals surface area contributed by atoms with E-state index in [2.05, 4.69) is 39.9 Å². The molecule has 1 N–H and O–H groups in total. The topological polar surface area (TPSA) is 55.6 Å². The summed E-state index contributed by atoms with van der Waals surface area (Å²) in [6.45, 7) is 2.92. The van der Waals surface area contributed by atoms with Crippen LogP contribution in [0.15, 0.2) is 24.3 Å². The van der Waals surface area contributed by atoms with Gasteiger partial charge in [-0.25, -0.2) is 0 Å². The fourth-order valence-corrected chi connectivity index (χ4v) is 1.56. The minimum Gasteiger partial charge on any atom is -0.319 e. The first kappa shape index (κ1) is 10.8. The van der Waals surface area contributed by atoms with Crippen molar-refractivity contribution in [3.8, 4) is 5.69 Å². The zero-order chi connectivity index (χ0) is 11.4. The molecule has 2 rings (SSSR count). The predicted octanol–water partition coefficient (Wildman–Crippen LogP) is 0.733. The summed E-state index contributed by atoms with van der Waals surface area (Å²) in [6.07, 6.45) is 0.817. The van der Waals surface area contributed by atoms with E-state index in [9.17, 15) is 0 Å². The molecule has 0 amide bonds. The number of nitrogens with zero attached hydrogens (tertiary/aromatic N) is 4. The van der Waals surface area contributed by atoms with Crippen LogP contribution in [0.2, 0.25) is 0 Å². The lowest BCUT2D eigenvalue weighted by molar-refractivity contribution is 0.716. The number of aryl methyl sites for hydroxylation is 1. The lowest BCUT2D eigenvalue weighted by Crippen LogP contribution is -2.14. The van der Waals surface area contributed by atoms with Gasteiger partial charge in [-0.15, -0.1) is 5.10 Å². The molecule has 0 aliphatic rings. The smallest absolute Gasteiger partial charge is 0.157 e. The van der Waals surface area contributed by atoms with Gasteiger partial charge >= 0.3 is 0 Å². The first-order valence-corrected chi connectivity index (χ1v) is 5.30. The van der Waals surface area contributed by atoms with Gasteiger partial charge in [0.15, 0.2) is 5.82 Å². The van der Waals surface area contributed by atoms with E-state index in [4.69, 9.17) is 0 Å². The summed E-state index contributed by atoms with van der Waals surface area (Å²) in [4.78, 5) is 0. The molecule has 0 fully saturated rings. The maximum Gasteiger partial charge on any atom is 0.157 e. The summed E-state index contributed by atoms with van der Waals surface area (Å²) in [5.74, 6) is 0.875. The van der Waals surface area contributed by atoms with Gasteiger partial charge in [-0.3, -0.25) is 0 Å². The highest BCUT2D eigenvalue weighted by Crippen LogP contribution is 2.10. The van der Waals surface area contributed by atoms with Crippen molar-refractivity contribution in [3.05, 3.63) is 35.7 Å². The Hall–Kier alpha value is -1.75. The summed E-state index contributed by atoms with van der Waals surface area (Å²) in [5.41, 5.74) is 2.21. The summed E-state index contributed by atoms with van der Waals surface area (Å²) in [7, 11) is 1.92. The molecule has 5 nitrogen and oxygen atoms in total. The molecule has 5 heteroatoms. The largest absolute Gasteiger partial charge is 0.319 e. The first-order valence-electron chi connectivity index (χ1n) is 5.30. The van der Waals surface area contributed by atoms with E-state index in [1.165, 1.54) is 5.56 Å². The SMILES string of the molecule is CNCCc1nnnn1-c1cccc(C)c1. The number of benzene rings is 1. The van der Waals surface area contributed by atoms with Crippen LogP contribution in [0.5, 0.6) is 0 Å². The summed E-state index contributed by atoms with van der Waals surface area (Å²) >= 11 is 0. The van der Waals surface area contributed by atoms with Crippen LogP contribution in [0.4, 0.5) is 0 Å². The fourth-order valence-electron chi connectivity index (χ4n) is 1.56. The van der Waals surface area contributed by atoms with Crippen molar-refractivity contribution in [2.24, 2.45) is 0 Å². The Morgan fingerprint density at radius 3 is 3.00 bits per heavy atom. The van der Waals surface area contributed by atoms with Crippen molar-refractivity contribution < 1.29 is 0 Å².